The fraction of sp³-hybridized carbons (Fsp3) is 0.471. The number of para-hydroxylation sites is 2. The van der Waals surface area contributed by atoms with Crippen LogP contribution in [0.5, 0.6) is 0 Å². The zero-order valence-electron chi connectivity index (χ0n) is 12.9. The Morgan fingerprint density at radius 2 is 2.22 bits per heavy atom. The summed E-state index contributed by atoms with van der Waals surface area (Å²) >= 11 is 0. The Labute approximate surface area is 134 Å². The summed E-state index contributed by atoms with van der Waals surface area (Å²) in [5.74, 6) is -0.199. The van der Waals surface area contributed by atoms with Gasteiger partial charge in [0.05, 0.1) is 29.9 Å². The Morgan fingerprint density at radius 1 is 1.35 bits per heavy atom. The first-order chi connectivity index (χ1) is 11.3. The van der Waals surface area contributed by atoms with Crippen LogP contribution in [0, 0.1) is 0 Å². The molecule has 23 heavy (non-hydrogen) atoms. The van der Waals surface area contributed by atoms with Crippen LogP contribution in [0.4, 0.5) is 0 Å². The van der Waals surface area contributed by atoms with Crippen LogP contribution in [0.1, 0.15) is 23.3 Å². The van der Waals surface area contributed by atoms with E-state index in [1.54, 1.807) is 0 Å². The summed E-state index contributed by atoms with van der Waals surface area (Å²) in [6, 6.07) is 8.11. The minimum atomic E-state index is -0.199. The van der Waals surface area contributed by atoms with Crippen LogP contribution >= 0.6 is 0 Å². The minimum absolute atomic E-state index is 0.0571. The van der Waals surface area contributed by atoms with Crippen molar-refractivity contribution in [2.45, 2.75) is 25.0 Å². The van der Waals surface area contributed by atoms with Gasteiger partial charge in [-0.05, 0) is 31.5 Å². The zero-order valence-corrected chi connectivity index (χ0v) is 12.9. The lowest BCUT2D eigenvalue weighted by molar-refractivity contribution is -0.0462. The molecule has 1 N–H and O–H groups in total. The number of carbonyl (C=O) groups is 1. The zero-order chi connectivity index (χ0) is 15.6. The molecule has 2 aliphatic rings. The van der Waals surface area contributed by atoms with Crippen molar-refractivity contribution in [2.24, 2.45) is 0 Å². The van der Waals surface area contributed by atoms with Gasteiger partial charge in [-0.3, -0.25) is 14.7 Å². The molecule has 2 fully saturated rings. The van der Waals surface area contributed by atoms with E-state index in [4.69, 9.17) is 4.74 Å². The fourth-order valence-electron chi connectivity index (χ4n) is 3.37. The maximum absolute atomic E-state index is 12.3. The van der Waals surface area contributed by atoms with Gasteiger partial charge in [0, 0.05) is 19.1 Å². The molecular weight excluding hydrogens is 292 g/mol. The third kappa shape index (κ3) is 3.04. The first kappa shape index (κ1) is 14.5. The smallest absolute Gasteiger partial charge is 0.271 e. The predicted molar refractivity (Wildman–Crippen MR) is 86.2 cm³/mol. The summed E-state index contributed by atoms with van der Waals surface area (Å²) in [5.41, 5.74) is 1.87. The lowest BCUT2D eigenvalue weighted by Gasteiger charge is -2.35. The molecule has 1 amide bonds. The first-order valence-corrected chi connectivity index (χ1v) is 8.15. The van der Waals surface area contributed by atoms with Crippen LogP contribution in [-0.2, 0) is 4.74 Å². The van der Waals surface area contributed by atoms with Crippen LogP contribution in [-0.4, -0.2) is 59.2 Å². The summed E-state index contributed by atoms with van der Waals surface area (Å²) < 4.78 is 5.86. The third-order valence-corrected chi connectivity index (χ3v) is 4.63. The normalized spacial score (nSPS) is 24.5. The van der Waals surface area contributed by atoms with E-state index in [9.17, 15) is 4.79 Å². The van der Waals surface area contributed by atoms with Crippen molar-refractivity contribution in [3.05, 3.63) is 36.2 Å². The molecule has 0 bridgehead atoms. The van der Waals surface area contributed by atoms with Crippen molar-refractivity contribution in [1.29, 1.82) is 0 Å². The number of rotatable bonds is 3. The van der Waals surface area contributed by atoms with Gasteiger partial charge in [0.1, 0.15) is 5.69 Å². The molecule has 3 heterocycles. The predicted octanol–water partition coefficient (Wildman–Crippen LogP) is 1.22. The first-order valence-electron chi connectivity index (χ1n) is 8.15. The molecule has 2 saturated heterocycles. The van der Waals surface area contributed by atoms with E-state index in [-0.39, 0.29) is 12.0 Å². The standard InChI is InChI=1S/C17H20N4O2/c22-17(16-9-18-14-5-1-2-6-15(14)20-16)19-8-13-10-21-7-3-4-12(21)11-23-13/h1-2,5-6,9,12-13H,3-4,7-8,10-11H2,(H,19,22). The van der Waals surface area contributed by atoms with Crippen molar-refractivity contribution in [2.75, 3.05) is 26.2 Å². The number of hydrogen-bond acceptors (Lipinski definition) is 5. The fourth-order valence-corrected chi connectivity index (χ4v) is 3.37. The lowest BCUT2D eigenvalue weighted by Crippen LogP contribution is -2.50. The molecule has 2 aliphatic heterocycles. The Balaban J connectivity index is 1.37. The topological polar surface area (TPSA) is 67.4 Å². The molecule has 2 unspecified atom stereocenters. The van der Waals surface area contributed by atoms with Crippen LogP contribution < -0.4 is 5.32 Å². The van der Waals surface area contributed by atoms with Gasteiger partial charge in [-0.1, -0.05) is 12.1 Å². The van der Waals surface area contributed by atoms with E-state index in [1.807, 2.05) is 24.3 Å². The SMILES string of the molecule is O=C(NCC1CN2CCCC2CO1)c1cnc2ccccc2n1. The molecule has 6 nitrogen and oxygen atoms in total. The number of hydrogen-bond donors (Lipinski definition) is 1. The average molecular weight is 312 g/mol. The Morgan fingerprint density at radius 3 is 3.13 bits per heavy atom. The summed E-state index contributed by atoms with van der Waals surface area (Å²) in [7, 11) is 0. The number of morpholine rings is 1. The van der Waals surface area contributed by atoms with Gasteiger partial charge in [-0.2, -0.15) is 0 Å². The summed E-state index contributed by atoms with van der Waals surface area (Å²) in [5, 5.41) is 2.92. The van der Waals surface area contributed by atoms with Gasteiger partial charge in [0.25, 0.3) is 5.91 Å². The van der Waals surface area contributed by atoms with Gasteiger partial charge in [0.15, 0.2) is 0 Å². The van der Waals surface area contributed by atoms with Crippen molar-refractivity contribution in [1.82, 2.24) is 20.2 Å². The highest BCUT2D eigenvalue weighted by Crippen LogP contribution is 2.22. The number of benzene rings is 1. The van der Waals surface area contributed by atoms with Gasteiger partial charge in [-0.25, -0.2) is 4.98 Å². The number of nitrogens with zero attached hydrogens (tertiary/aromatic N) is 3. The van der Waals surface area contributed by atoms with E-state index < -0.39 is 0 Å². The molecule has 0 spiro atoms. The van der Waals surface area contributed by atoms with Gasteiger partial charge < -0.3 is 10.1 Å². The van der Waals surface area contributed by atoms with Crippen molar-refractivity contribution in [3.63, 3.8) is 0 Å². The molecule has 2 aromatic rings. The quantitative estimate of drug-likeness (QED) is 0.923. The van der Waals surface area contributed by atoms with Crippen LogP contribution in [0.3, 0.4) is 0 Å². The van der Waals surface area contributed by atoms with E-state index in [0.717, 1.165) is 30.7 Å². The summed E-state index contributed by atoms with van der Waals surface area (Å²) in [6.45, 7) is 3.33. The van der Waals surface area contributed by atoms with E-state index in [1.165, 1.54) is 19.0 Å². The molecule has 0 saturated carbocycles. The molecule has 6 heteroatoms. The van der Waals surface area contributed by atoms with Crippen LogP contribution in [0.25, 0.3) is 11.0 Å². The second-order valence-electron chi connectivity index (χ2n) is 6.20. The molecule has 120 valence electrons. The maximum Gasteiger partial charge on any atom is 0.271 e. The van der Waals surface area contributed by atoms with Gasteiger partial charge >= 0.3 is 0 Å². The third-order valence-electron chi connectivity index (χ3n) is 4.63. The number of aromatic nitrogens is 2. The Bertz CT molecular complexity index is 721. The van der Waals surface area contributed by atoms with E-state index in [2.05, 4.69) is 20.2 Å². The highest BCUT2D eigenvalue weighted by Gasteiger charge is 2.32. The van der Waals surface area contributed by atoms with Crippen LogP contribution in [0.2, 0.25) is 0 Å². The molecule has 0 radical (unpaired) electrons. The Hall–Kier alpha value is -2.05. The molecule has 2 atom stereocenters. The lowest BCUT2D eigenvalue weighted by atomic mass is 10.2. The second-order valence-corrected chi connectivity index (χ2v) is 6.20. The largest absolute Gasteiger partial charge is 0.373 e. The summed E-state index contributed by atoms with van der Waals surface area (Å²) in [4.78, 5) is 23.4. The monoisotopic (exact) mass is 312 g/mol. The van der Waals surface area contributed by atoms with Gasteiger partial charge in [-0.15, -0.1) is 0 Å². The van der Waals surface area contributed by atoms with Gasteiger partial charge in [0.2, 0.25) is 0 Å². The van der Waals surface area contributed by atoms with Crippen molar-refractivity contribution < 1.29 is 9.53 Å². The van der Waals surface area contributed by atoms with Crippen LogP contribution in [0.15, 0.2) is 30.5 Å². The Kier molecular flexibility index (Phi) is 3.93. The maximum atomic E-state index is 12.3. The van der Waals surface area contributed by atoms with Crippen molar-refractivity contribution in [3.8, 4) is 0 Å². The highest BCUT2D eigenvalue weighted by atomic mass is 16.5. The molecular formula is C17H20N4O2. The molecule has 4 rings (SSSR count). The summed E-state index contributed by atoms with van der Waals surface area (Å²) in [6.07, 6.45) is 4.06. The minimum Gasteiger partial charge on any atom is -0.373 e. The second kappa shape index (κ2) is 6.22. The number of nitrogens with one attached hydrogen (secondary N) is 1. The highest BCUT2D eigenvalue weighted by molar-refractivity contribution is 5.93. The number of fused-ring (bicyclic) bond motifs is 2. The molecule has 0 aliphatic carbocycles. The number of amides is 1. The molecule has 1 aromatic heterocycles. The average Bonchev–Trinajstić information content (AvgIpc) is 3.07. The number of carbonyl (C=O) groups excluding carboxylic acids is 1. The van der Waals surface area contributed by atoms with E-state index in [0.29, 0.717) is 18.3 Å². The molecule has 1 aromatic carbocycles. The van der Waals surface area contributed by atoms with Crippen molar-refractivity contribution >= 4 is 16.9 Å². The van der Waals surface area contributed by atoms with E-state index >= 15 is 0 Å². The number of ether oxygens (including phenoxy) is 1.